The van der Waals surface area contributed by atoms with E-state index in [1.54, 1.807) is 0 Å². The van der Waals surface area contributed by atoms with Gasteiger partial charge in [0.2, 0.25) is 0 Å². The molecule has 0 radical (unpaired) electrons. The van der Waals surface area contributed by atoms with Crippen molar-refractivity contribution in [2.75, 3.05) is 13.1 Å². The Hall–Kier alpha value is -3.74. The molecule has 30 heavy (non-hydrogen) atoms. The molecule has 0 saturated carbocycles. The van der Waals surface area contributed by atoms with Crippen LogP contribution < -0.4 is 0 Å². The van der Waals surface area contributed by atoms with Gasteiger partial charge in [-0.25, -0.2) is 9.69 Å². The summed E-state index contributed by atoms with van der Waals surface area (Å²) >= 11 is 0. The molecule has 0 spiro atoms. The molecule has 1 aliphatic heterocycles. The van der Waals surface area contributed by atoms with Crippen LogP contribution in [0.5, 0.6) is 0 Å². The topological polar surface area (TPSA) is 90.6 Å². The van der Waals surface area contributed by atoms with E-state index in [9.17, 15) is 19.2 Å². The number of ketones is 1. The van der Waals surface area contributed by atoms with Gasteiger partial charge in [-0.05, 0) is 18.1 Å². The summed E-state index contributed by atoms with van der Waals surface area (Å²) < 4.78 is 0. The minimum Gasteiger partial charge on any atom is -0.354 e. The van der Waals surface area contributed by atoms with Crippen molar-refractivity contribution < 1.29 is 19.2 Å². The first kappa shape index (κ1) is 19.6. The highest BCUT2D eigenvalue weighted by Gasteiger charge is 2.45. The molecular formula is C23H21N3O4. The first-order valence-corrected chi connectivity index (χ1v) is 9.89. The average molecular weight is 403 g/mol. The number of Topliss-reactive ketones (excluding diaryl/α,β-unsaturated/α-hetero) is 1. The Morgan fingerprint density at radius 2 is 1.57 bits per heavy atom. The van der Waals surface area contributed by atoms with Crippen LogP contribution in [0.1, 0.15) is 30.1 Å². The van der Waals surface area contributed by atoms with Gasteiger partial charge in [-0.1, -0.05) is 61.9 Å². The van der Waals surface area contributed by atoms with Crippen LogP contribution in [0.2, 0.25) is 0 Å². The number of unbranched alkanes of at least 4 members (excludes halogenated alkanes) is 1. The van der Waals surface area contributed by atoms with E-state index < -0.39 is 30.2 Å². The molecule has 1 N–H and O–H groups in total. The van der Waals surface area contributed by atoms with E-state index in [4.69, 9.17) is 0 Å². The van der Waals surface area contributed by atoms with Gasteiger partial charge in [0.25, 0.3) is 0 Å². The van der Waals surface area contributed by atoms with Gasteiger partial charge in [0, 0.05) is 17.4 Å². The number of rotatable bonds is 7. The molecule has 0 atom stereocenters. The van der Waals surface area contributed by atoms with Crippen molar-refractivity contribution in [3.05, 3.63) is 60.2 Å². The van der Waals surface area contributed by atoms with E-state index >= 15 is 0 Å². The molecule has 0 aliphatic carbocycles. The van der Waals surface area contributed by atoms with E-state index in [0.29, 0.717) is 23.1 Å². The fourth-order valence-electron chi connectivity index (χ4n) is 3.68. The SMILES string of the molecule is CCCCN1C(=O)C(=O)N(CC(=O)c2c(-c3ccccc3)[nH]c3ccccc23)C1=O. The summed E-state index contributed by atoms with van der Waals surface area (Å²) in [7, 11) is 0. The number of nitrogens with one attached hydrogen (secondary N) is 1. The average Bonchev–Trinajstić information content (AvgIpc) is 3.25. The summed E-state index contributed by atoms with van der Waals surface area (Å²) in [6.07, 6.45) is 1.38. The number of benzene rings is 2. The fourth-order valence-corrected chi connectivity index (χ4v) is 3.68. The maximum Gasteiger partial charge on any atom is 0.334 e. The third-order valence-corrected chi connectivity index (χ3v) is 5.22. The van der Waals surface area contributed by atoms with Gasteiger partial charge in [0.05, 0.1) is 17.8 Å². The molecule has 1 aromatic heterocycles. The van der Waals surface area contributed by atoms with Crippen LogP contribution in [-0.2, 0) is 9.59 Å². The van der Waals surface area contributed by atoms with Crippen LogP contribution in [0.25, 0.3) is 22.2 Å². The molecule has 0 bridgehead atoms. The third kappa shape index (κ3) is 3.28. The maximum atomic E-state index is 13.3. The second-order valence-corrected chi connectivity index (χ2v) is 7.19. The summed E-state index contributed by atoms with van der Waals surface area (Å²) in [5.74, 6) is -2.23. The lowest BCUT2D eigenvalue weighted by Gasteiger charge is -2.15. The number of fused-ring (bicyclic) bond motifs is 1. The van der Waals surface area contributed by atoms with Gasteiger partial charge >= 0.3 is 17.8 Å². The van der Waals surface area contributed by atoms with Crippen molar-refractivity contribution in [3.63, 3.8) is 0 Å². The quantitative estimate of drug-likeness (QED) is 0.371. The lowest BCUT2D eigenvalue weighted by atomic mass is 10.0. The molecule has 1 fully saturated rings. The monoisotopic (exact) mass is 403 g/mol. The number of H-pyrrole nitrogens is 1. The number of imide groups is 2. The van der Waals surface area contributed by atoms with Crippen LogP contribution in [0.4, 0.5) is 4.79 Å². The first-order chi connectivity index (χ1) is 14.5. The lowest BCUT2D eigenvalue weighted by Crippen LogP contribution is -2.37. The number of hydrogen-bond acceptors (Lipinski definition) is 4. The van der Waals surface area contributed by atoms with Crippen LogP contribution in [-0.4, -0.2) is 51.5 Å². The Balaban J connectivity index is 1.70. The van der Waals surface area contributed by atoms with Crippen LogP contribution in [0.3, 0.4) is 0 Å². The lowest BCUT2D eigenvalue weighted by molar-refractivity contribution is -0.143. The van der Waals surface area contributed by atoms with Gasteiger partial charge in [0.15, 0.2) is 5.78 Å². The number of carbonyl (C=O) groups is 4. The van der Waals surface area contributed by atoms with E-state index in [2.05, 4.69) is 4.98 Å². The second-order valence-electron chi connectivity index (χ2n) is 7.19. The molecule has 4 amide bonds. The zero-order valence-corrected chi connectivity index (χ0v) is 16.6. The number of urea groups is 1. The predicted molar refractivity (Wildman–Crippen MR) is 112 cm³/mol. The molecule has 4 rings (SSSR count). The molecule has 2 heterocycles. The number of aromatic nitrogens is 1. The van der Waals surface area contributed by atoms with E-state index in [-0.39, 0.29) is 6.54 Å². The molecule has 7 heteroatoms. The Bertz CT molecular complexity index is 1150. The molecule has 152 valence electrons. The Morgan fingerprint density at radius 1 is 0.900 bits per heavy atom. The highest BCUT2D eigenvalue weighted by molar-refractivity contribution is 6.45. The number of aromatic amines is 1. The third-order valence-electron chi connectivity index (χ3n) is 5.22. The predicted octanol–water partition coefficient (Wildman–Crippen LogP) is 3.61. The number of para-hydroxylation sites is 1. The number of carbonyl (C=O) groups excluding carboxylic acids is 4. The molecule has 1 saturated heterocycles. The summed E-state index contributed by atoms with van der Waals surface area (Å²) in [6.45, 7) is 1.62. The highest BCUT2D eigenvalue weighted by atomic mass is 16.2. The van der Waals surface area contributed by atoms with Crippen molar-refractivity contribution >= 4 is 34.5 Å². The van der Waals surface area contributed by atoms with Crippen molar-refractivity contribution in [3.8, 4) is 11.3 Å². The first-order valence-electron chi connectivity index (χ1n) is 9.89. The summed E-state index contributed by atoms with van der Waals surface area (Å²) in [5.41, 5.74) is 2.61. The zero-order chi connectivity index (χ0) is 21.3. The van der Waals surface area contributed by atoms with E-state index in [1.165, 1.54) is 0 Å². The molecule has 0 unspecified atom stereocenters. The van der Waals surface area contributed by atoms with E-state index in [0.717, 1.165) is 27.3 Å². The molecule has 1 aliphatic rings. The van der Waals surface area contributed by atoms with Gasteiger partial charge in [0.1, 0.15) is 0 Å². The van der Waals surface area contributed by atoms with Crippen LogP contribution in [0, 0.1) is 0 Å². The molecular weight excluding hydrogens is 382 g/mol. The number of nitrogens with zero attached hydrogens (tertiary/aromatic N) is 2. The number of amides is 4. The Kier molecular flexibility index (Phi) is 5.18. The molecule has 3 aromatic rings. The highest BCUT2D eigenvalue weighted by Crippen LogP contribution is 2.31. The normalized spacial score (nSPS) is 14.2. The zero-order valence-electron chi connectivity index (χ0n) is 16.6. The van der Waals surface area contributed by atoms with Crippen molar-refractivity contribution in [1.29, 1.82) is 0 Å². The Morgan fingerprint density at radius 3 is 2.30 bits per heavy atom. The summed E-state index contributed by atoms with van der Waals surface area (Å²) in [5, 5.41) is 0.703. The number of hydrogen-bond donors (Lipinski definition) is 1. The maximum absolute atomic E-state index is 13.3. The standard InChI is InChI=1S/C23H21N3O4/c1-2-3-13-25-21(28)22(29)26(23(25)30)14-18(27)19-16-11-7-8-12-17(16)24-20(19)15-9-5-4-6-10-15/h4-12,24H,2-3,13-14H2,1H3. The summed E-state index contributed by atoms with van der Waals surface area (Å²) in [6, 6.07) is 16.0. The van der Waals surface area contributed by atoms with Crippen molar-refractivity contribution in [1.82, 2.24) is 14.8 Å². The Labute approximate surface area is 173 Å². The minimum absolute atomic E-state index is 0.174. The van der Waals surface area contributed by atoms with Crippen molar-refractivity contribution in [2.45, 2.75) is 19.8 Å². The largest absolute Gasteiger partial charge is 0.354 e. The smallest absolute Gasteiger partial charge is 0.334 e. The van der Waals surface area contributed by atoms with Gasteiger partial charge in [-0.2, -0.15) is 0 Å². The second kappa shape index (κ2) is 7.94. The van der Waals surface area contributed by atoms with E-state index in [1.807, 2.05) is 61.5 Å². The van der Waals surface area contributed by atoms with Gasteiger partial charge in [-0.3, -0.25) is 19.3 Å². The van der Waals surface area contributed by atoms with Gasteiger partial charge in [-0.15, -0.1) is 0 Å². The van der Waals surface area contributed by atoms with Crippen LogP contribution >= 0.6 is 0 Å². The van der Waals surface area contributed by atoms with Crippen molar-refractivity contribution in [2.24, 2.45) is 0 Å². The van der Waals surface area contributed by atoms with Gasteiger partial charge < -0.3 is 4.98 Å². The minimum atomic E-state index is -0.953. The van der Waals surface area contributed by atoms with Crippen LogP contribution in [0.15, 0.2) is 54.6 Å². The molecule has 7 nitrogen and oxygen atoms in total. The molecule has 2 aromatic carbocycles. The fraction of sp³-hybridized carbons (Fsp3) is 0.217. The summed E-state index contributed by atoms with van der Waals surface area (Å²) in [4.78, 5) is 55.4.